The molecule has 1 aliphatic heterocycles. The third kappa shape index (κ3) is 3.55. The van der Waals surface area contributed by atoms with E-state index in [0.717, 1.165) is 5.69 Å². The second kappa shape index (κ2) is 7.44. The number of imidazole rings is 1. The number of carbonyl (C=O) groups is 1. The summed E-state index contributed by atoms with van der Waals surface area (Å²) in [6.07, 6.45) is 0.226. The summed E-state index contributed by atoms with van der Waals surface area (Å²) in [5.74, 6) is -2.33. The number of nitrogens with one attached hydrogen (secondary N) is 1. The van der Waals surface area contributed by atoms with Gasteiger partial charge in [-0.1, -0.05) is 0 Å². The summed E-state index contributed by atoms with van der Waals surface area (Å²) in [6.45, 7) is 2.79. The summed E-state index contributed by atoms with van der Waals surface area (Å²) in [7, 11) is 0. The Labute approximate surface area is 184 Å². The molecule has 0 aliphatic carbocycles. The number of halogens is 3. The largest absolute Gasteiger partial charge is 0.432 e. The molecular weight excluding hydrogens is 441 g/mol. The van der Waals surface area contributed by atoms with Crippen LogP contribution in [0.1, 0.15) is 65.5 Å². The van der Waals surface area contributed by atoms with Gasteiger partial charge in [0.25, 0.3) is 12.3 Å². The number of hydrogen-bond donors (Lipinski definition) is 2. The summed E-state index contributed by atoms with van der Waals surface area (Å²) >= 11 is 0. The van der Waals surface area contributed by atoms with Gasteiger partial charge in [0.2, 0.25) is 11.7 Å². The smallest absolute Gasteiger partial charge is 0.292 e. The summed E-state index contributed by atoms with van der Waals surface area (Å²) in [5, 5.41) is 14.6. The van der Waals surface area contributed by atoms with Crippen molar-refractivity contribution in [3.8, 4) is 0 Å². The Bertz CT molecular complexity index is 1350. The summed E-state index contributed by atoms with van der Waals surface area (Å²) in [5.41, 5.74) is -0.402. The average molecular weight is 460 g/mol. The first kappa shape index (κ1) is 21.2. The van der Waals surface area contributed by atoms with Gasteiger partial charge >= 0.3 is 0 Å². The molecule has 5 rings (SSSR count). The number of H-pyrrole nitrogens is 1. The molecule has 9 nitrogen and oxygen atoms in total. The molecule has 0 saturated heterocycles. The van der Waals surface area contributed by atoms with Crippen molar-refractivity contribution < 1.29 is 27.5 Å². The van der Waals surface area contributed by atoms with Crippen LogP contribution in [0.15, 0.2) is 35.1 Å². The predicted molar refractivity (Wildman–Crippen MR) is 107 cm³/mol. The van der Waals surface area contributed by atoms with E-state index in [1.807, 2.05) is 0 Å². The van der Waals surface area contributed by atoms with E-state index in [-0.39, 0.29) is 6.54 Å². The molecule has 172 valence electrons. The summed E-state index contributed by atoms with van der Waals surface area (Å²) < 4.78 is 47.9. The Morgan fingerprint density at radius 3 is 2.88 bits per heavy atom. The van der Waals surface area contributed by atoms with E-state index in [4.69, 9.17) is 4.42 Å². The molecule has 12 heteroatoms. The molecule has 0 aromatic carbocycles. The zero-order valence-corrected chi connectivity index (χ0v) is 17.6. The van der Waals surface area contributed by atoms with Gasteiger partial charge in [0.15, 0.2) is 5.69 Å². The standard InChI is InChI=1S/C21H19F3N6O3/c1-21(2,32)20-27-15(18(23)24)17(33-20)19(31)29-5-4-12-14(26-9-25-12)16(29)13-8-11-7-10(22)3-6-30(11)28-13/h3,6-9,16,18,32H,4-5H2,1-2H3,(H,25,26). The predicted octanol–water partition coefficient (Wildman–Crippen LogP) is 3.14. The molecule has 1 atom stereocenters. The van der Waals surface area contributed by atoms with Crippen molar-refractivity contribution in [3.05, 3.63) is 71.0 Å². The molecule has 1 unspecified atom stereocenters. The van der Waals surface area contributed by atoms with E-state index in [1.54, 1.807) is 6.07 Å². The molecule has 5 heterocycles. The van der Waals surface area contributed by atoms with E-state index in [0.29, 0.717) is 23.3 Å². The Balaban J connectivity index is 1.62. The van der Waals surface area contributed by atoms with Crippen LogP contribution in [-0.4, -0.2) is 47.0 Å². The number of alkyl halides is 2. The topological polar surface area (TPSA) is 113 Å². The number of hydrogen-bond acceptors (Lipinski definition) is 6. The first-order chi connectivity index (χ1) is 15.6. The van der Waals surface area contributed by atoms with Crippen LogP contribution in [0.4, 0.5) is 13.2 Å². The highest BCUT2D eigenvalue weighted by Gasteiger charge is 2.40. The molecule has 0 saturated carbocycles. The van der Waals surface area contributed by atoms with Gasteiger partial charge in [0.05, 0.1) is 23.2 Å². The van der Waals surface area contributed by atoms with Crippen LogP contribution in [0.3, 0.4) is 0 Å². The normalized spacial score (nSPS) is 16.6. The maximum atomic E-state index is 13.7. The van der Waals surface area contributed by atoms with E-state index in [1.165, 1.54) is 47.9 Å². The molecule has 1 amide bonds. The number of amides is 1. The Morgan fingerprint density at radius 2 is 2.15 bits per heavy atom. The van der Waals surface area contributed by atoms with Crippen molar-refractivity contribution in [2.24, 2.45) is 0 Å². The van der Waals surface area contributed by atoms with Gasteiger partial charge in [-0.25, -0.2) is 27.7 Å². The van der Waals surface area contributed by atoms with Crippen molar-refractivity contribution in [2.45, 2.75) is 38.3 Å². The molecule has 2 N–H and O–H groups in total. The van der Waals surface area contributed by atoms with Crippen LogP contribution < -0.4 is 0 Å². The van der Waals surface area contributed by atoms with Gasteiger partial charge in [0.1, 0.15) is 17.5 Å². The second-order valence-corrected chi connectivity index (χ2v) is 8.29. The van der Waals surface area contributed by atoms with Crippen molar-refractivity contribution in [2.75, 3.05) is 6.54 Å². The first-order valence-corrected chi connectivity index (χ1v) is 10.1. The van der Waals surface area contributed by atoms with E-state index < -0.39 is 47.1 Å². The number of aliphatic hydroxyl groups is 1. The molecule has 0 fully saturated rings. The van der Waals surface area contributed by atoms with Gasteiger partial charge in [-0.3, -0.25) is 4.79 Å². The third-order valence-electron chi connectivity index (χ3n) is 5.49. The fraction of sp³-hybridized carbons (Fsp3) is 0.333. The summed E-state index contributed by atoms with van der Waals surface area (Å²) in [6, 6.07) is 3.30. The minimum absolute atomic E-state index is 0.155. The minimum atomic E-state index is -3.09. The third-order valence-corrected chi connectivity index (χ3v) is 5.49. The molecule has 0 spiro atoms. The van der Waals surface area contributed by atoms with Crippen molar-refractivity contribution >= 4 is 11.4 Å². The first-order valence-electron chi connectivity index (χ1n) is 10.1. The van der Waals surface area contributed by atoms with Crippen molar-refractivity contribution in [1.82, 2.24) is 29.5 Å². The Hall–Kier alpha value is -3.67. The van der Waals surface area contributed by atoms with E-state index in [2.05, 4.69) is 20.1 Å². The Morgan fingerprint density at radius 1 is 1.36 bits per heavy atom. The van der Waals surface area contributed by atoms with Gasteiger partial charge < -0.3 is 19.4 Å². The minimum Gasteiger partial charge on any atom is -0.432 e. The highest BCUT2D eigenvalue weighted by Crippen LogP contribution is 2.36. The number of aromatic amines is 1. The average Bonchev–Trinajstić information content (AvgIpc) is 3.48. The number of aromatic nitrogens is 5. The van der Waals surface area contributed by atoms with Crippen LogP contribution in [0.5, 0.6) is 0 Å². The number of nitrogens with zero attached hydrogens (tertiary/aromatic N) is 5. The van der Waals surface area contributed by atoms with Crippen LogP contribution in [0.25, 0.3) is 5.52 Å². The molecule has 0 bridgehead atoms. The fourth-order valence-electron chi connectivity index (χ4n) is 3.94. The lowest BCUT2D eigenvalue weighted by molar-refractivity contribution is 0.0440. The number of fused-ring (bicyclic) bond motifs is 2. The lowest BCUT2D eigenvalue weighted by Gasteiger charge is -2.33. The maximum absolute atomic E-state index is 13.7. The zero-order chi connectivity index (χ0) is 23.5. The van der Waals surface area contributed by atoms with Gasteiger partial charge in [-0.15, -0.1) is 0 Å². The molecule has 33 heavy (non-hydrogen) atoms. The van der Waals surface area contributed by atoms with Crippen molar-refractivity contribution in [1.29, 1.82) is 0 Å². The van der Waals surface area contributed by atoms with Gasteiger partial charge in [-0.2, -0.15) is 5.10 Å². The number of carbonyl (C=O) groups excluding carboxylic acids is 1. The van der Waals surface area contributed by atoms with E-state index >= 15 is 0 Å². The van der Waals surface area contributed by atoms with Crippen LogP contribution in [0, 0.1) is 5.82 Å². The fourth-order valence-corrected chi connectivity index (χ4v) is 3.94. The molecule has 1 aliphatic rings. The molecule has 4 aromatic rings. The van der Waals surface area contributed by atoms with E-state index in [9.17, 15) is 23.1 Å². The highest BCUT2D eigenvalue weighted by atomic mass is 19.3. The number of pyridine rings is 1. The monoisotopic (exact) mass is 460 g/mol. The van der Waals surface area contributed by atoms with Crippen LogP contribution in [0.2, 0.25) is 0 Å². The SMILES string of the molecule is CC(C)(O)c1nc(C(F)F)c(C(=O)N2CCc3[nH]cnc3C2c2cc3cc(F)ccn3n2)o1. The lowest BCUT2D eigenvalue weighted by Crippen LogP contribution is -2.41. The molecule has 0 radical (unpaired) electrons. The highest BCUT2D eigenvalue weighted by molar-refractivity contribution is 5.93. The second-order valence-electron chi connectivity index (χ2n) is 8.29. The molecular formula is C21H19F3N6O3. The Kier molecular flexibility index (Phi) is 4.78. The maximum Gasteiger partial charge on any atom is 0.292 e. The zero-order valence-electron chi connectivity index (χ0n) is 17.6. The quantitative estimate of drug-likeness (QED) is 0.484. The van der Waals surface area contributed by atoms with Gasteiger partial charge in [-0.05, 0) is 32.0 Å². The van der Waals surface area contributed by atoms with Crippen LogP contribution >= 0.6 is 0 Å². The molecule has 4 aromatic heterocycles. The number of rotatable bonds is 4. The van der Waals surface area contributed by atoms with Crippen molar-refractivity contribution in [3.63, 3.8) is 0 Å². The number of oxazole rings is 1. The van der Waals surface area contributed by atoms with Crippen LogP contribution in [-0.2, 0) is 12.0 Å². The lowest BCUT2D eigenvalue weighted by atomic mass is 9.99. The van der Waals surface area contributed by atoms with Gasteiger partial charge in [0, 0.05) is 24.9 Å². The summed E-state index contributed by atoms with van der Waals surface area (Å²) in [4.78, 5) is 25.8.